The van der Waals surface area contributed by atoms with E-state index >= 15 is 0 Å². The van der Waals surface area contributed by atoms with E-state index in [-0.39, 0.29) is 6.04 Å². The lowest BCUT2D eigenvalue weighted by atomic mass is 10.2. The highest BCUT2D eigenvalue weighted by molar-refractivity contribution is 7.98. The van der Waals surface area contributed by atoms with Gasteiger partial charge in [0, 0.05) is 13.0 Å². The Morgan fingerprint density at radius 3 is 2.59 bits per heavy atom. The number of ether oxygens (including phenoxy) is 1. The molecule has 0 spiro atoms. The normalized spacial score (nSPS) is 11.3. The van der Waals surface area contributed by atoms with Crippen LogP contribution in [0.25, 0.3) is 0 Å². The van der Waals surface area contributed by atoms with Crippen molar-refractivity contribution in [2.75, 3.05) is 0 Å². The van der Waals surface area contributed by atoms with Crippen molar-refractivity contribution < 1.29 is 9.15 Å². The zero-order chi connectivity index (χ0) is 19.2. The minimum Gasteiger partial charge on any atom is -0.484 e. The van der Waals surface area contributed by atoms with Gasteiger partial charge in [0.15, 0.2) is 11.0 Å². The van der Waals surface area contributed by atoms with Crippen molar-refractivity contribution in [2.24, 2.45) is 0 Å². The van der Waals surface area contributed by atoms with Gasteiger partial charge in [-0.3, -0.25) is 0 Å². The summed E-state index contributed by atoms with van der Waals surface area (Å²) in [6.07, 6.45) is 1.95. The van der Waals surface area contributed by atoms with Gasteiger partial charge >= 0.3 is 0 Å². The smallest absolute Gasteiger partial charge is 0.226 e. The minimum atomic E-state index is 0.289. The summed E-state index contributed by atoms with van der Waals surface area (Å²) in [7, 11) is 0. The van der Waals surface area contributed by atoms with Crippen molar-refractivity contribution >= 4 is 23.4 Å². The third-order valence-electron chi connectivity index (χ3n) is 4.13. The molecule has 0 amide bonds. The highest BCUT2D eigenvalue weighted by Gasteiger charge is 2.20. The predicted molar refractivity (Wildman–Crippen MR) is 104 cm³/mol. The number of hydrogen-bond acceptors (Lipinski definition) is 7. The van der Waals surface area contributed by atoms with E-state index in [0.29, 0.717) is 34.9 Å². The van der Waals surface area contributed by atoms with E-state index in [4.69, 9.17) is 20.8 Å². The maximum atomic E-state index is 6.18. The van der Waals surface area contributed by atoms with E-state index in [2.05, 4.69) is 38.8 Å². The van der Waals surface area contributed by atoms with E-state index in [1.54, 1.807) is 13.0 Å². The van der Waals surface area contributed by atoms with Crippen LogP contribution in [0.3, 0.4) is 0 Å². The molecule has 0 aliphatic rings. The van der Waals surface area contributed by atoms with Gasteiger partial charge < -0.3 is 13.7 Å². The molecule has 0 fully saturated rings. The quantitative estimate of drug-likeness (QED) is 0.469. The van der Waals surface area contributed by atoms with E-state index < -0.39 is 0 Å². The lowest BCUT2D eigenvalue weighted by molar-refractivity contribution is 0.278. The molecule has 3 aromatic rings. The lowest BCUT2D eigenvalue weighted by Gasteiger charge is -2.19. The van der Waals surface area contributed by atoms with E-state index in [1.165, 1.54) is 11.8 Å². The molecule has 0 saturated heterocycles. The van der Waals surface area contributed by atoms with E-state index in [1.807, 2.05) is 18.2 Å². The number of thioether (sulfide) groups is 1. The number of nitrogens with zero attached hydrogens (tertiary/aromatic N) is 5. The first-order chi connectivity index (χ1) is 13.1. The summed E-state index contributed by atoms with van der Waals surface area (Å²) in [4.78, 5) is 0. The predicted octanol–water partition coefficient (Wildman–Crippen LogP) is 4.86. The fraction of sp³-hybridized carbons (Fsp3) is 0.444. The maximum absolute atomic E-state index is 6.18. The van der Waals surface area contributed by atoms with Crippen molar-refractivity contribution in [1.82, 2.24) is 25.0 Å². The second kappa shape index (κ2) is 9.23. The lowest BCUT2D eigenvalue weighted by Crippen LogP contribution is -2.14. The van der Waals surface area contributed by atoms with Crippen molar-refractivity contribution in [3.8, 4) is 5.75 Å². The summed E-state index contributed by atoms with van der Waals surface area (Å²) < 4.78 is 13.5. The molecule has 2 heterocycles. The molecule has 0 atom stereocenters. The van der Waals surface area contributed by atoms with Crippen LogP contribution in [-0.4, -0.2) is 25.0 Å². The van der Waals surface area contributed by atoms with Gasteiger partial charge in [-0.2, -0.15) is 0 Å². The van der Waals surface area contributed by atoms with Gasteiger partial charge in [0.25, 0.3) is 0 Å². The molecule has 0 saturated carbocycles. The summed E-state index contributed by atoms with van der Waals surface area (Å²) in [5.41, 5.74) is 0. The summed E-state index contributed by atoms with van der Waals surface area (Å²) in [5.74, 6) is 3.08. The first-order valence-corrected chi connectivity index (χ1v) is 10.2. The molecule has 1 aromatic carbocycles. The number of halogens is 1. The minimum absolute atomic E-state index is 0.289. The molecule has 7 nitrogen and oxygen atoms in total. The number of rotatable bonds is 9. The van der Waals surface area contributed by atoms with Crippen molar-refractivity contribution in [1.29, 1.82) is 0 Å². The van der Waals surface area contributed by atoms with Gasteiger partial charge in [0.05, 0.1) is 10.8 Å². The highest BCUT2D eigenvalue weighted by Crippen LogP contribution is 2.29. The molecule has 0 aliphatic heterocycles. The number of benzene rings is 1. The molecule has 2 aromatic heterocycles. The van der Waals surface area contributed by atoms with E-state index in [0.717, 1.165) is 23.8 Å². The van der Waals surface area contributed by atoms with E-state index in [9.17, 15) is 0 Å². The van der Waals surface area contributed by atoms with Crippen LogP contribution in [0.2, 0.25) is 5.02 Å². The topological polar surface area (TPSA) is 78.9 Å². The highest BCUT2D eigenvalue weighted by atomic mass is 35.5. The number of aryl methyl sites for hydroxylation is 1. The van der Waals surface area contributed by atoms with Gasteiger partial charge in [-0.15, -0.1) is 20.4 Å². The van der Waals surface area contributed by atoms with Crippen molar-refractivity contribution in [3.63, 3.8) is 0 Å². The average molecular weight is 408 g/mol. The Morgan fingerprint density at radius 2 is 1.93 bits per heavy atom. The molecule has 144 valence electrons. The first-order valence-electron chi connectivity index (χ1n) is 8.85. The molecule has 0 unspecified atom stereocenters. The standard InChI is InChI=1S/C18H22ClN5O2S/c1-4-13(5-2)24-16(10-25-15-9-7-6-8-14(15)19)21-23-18(24)27-11-17-22-20-12(3)26-17/h6-9,13H,4-5,10-11H2,1-3H3. The zero-order valence-electron chi connectivity index (χ0n) is 15.6. The molecule has 9 heteroatoms. The number of hydrogen-bond donors (Lipinski definition) is 0. The second-order valence-corrected chi connectivity index (χ2v) is 7.31. The van der Waals surface area contributed by atoms with Gasteiger partial charge in [-0.1, -0.05) is 49.3 Å². The molecule has 3 rings (SSSR count). The Morgan fingerprint density at radius 1 is 1.15 bits per heavy atom. The third kappa shape index (κ3) is 4.81. The summed E-state index contributed by atoms with van der Waals surface area (Å²) in [5, 5.41) is 18.0. The largest absolute Gasteiger partial charge is 0.484 e. The van der Waals surface area contributed by atoms with Crippen LogP contribution in [0, 0.1) is 6.92 Å². The molecule has 0 N–H and O–H groups in total. The number of aromatic nitrogens is 5. The Balaban J connectivity index is 1.78. The van der Waals surface area contributed by atoms with Crippen LogP contribution >= 0.6 is 23.4 Å². The maximum Gasteiger partial charge on any atom is 0.226 e. The van der Waals surface area contributed by atoms with Gasteiger partial charge in [0.1, 0.15) is 12.4 Å². The Hall–Kier alpha value is -2.06. The first kappa shape index (κ1) is 19.7. The van der Waals surface area contributed by atoms with Gasteiger partial charge in [0.2, 0.25) is 11.8 Å². The van der Waals surface area contributed by atoms with Crippen molar-refractivity contribution in [3.05, 3.63) is 46.9 Å². The van der Waals surface area contributed by atoms with Gasteiger partial charge in [-0.25, -0.2) is 0 Å². The summed E-state index contributed by atoms with van der Waals surface area (Å²) >= 11 is 7.71. The van der Waals surface area contributed by atoms with Crippen LogP contribution in [0.5, 0.6) is 5.75 Å². The fourth-order valence-corrected chi connectivity index (χ4v) is 3.80. The van der Waals surface area contributed by atoms with Crippen LogP contribution in [0.1, 0.15) is 50.3 Å². The van der Waals surface area contributed by atoms with Crippen LogP contribution < -0.4 is 4.74 Å². The Bertz CT molecular complexity index is 878. The Labute approximate surface area is 167 Å². The summed E-state index contributed by atoms with van der Waals surface area (Å²) in [6, 6.07) is 7.69. The molecular weight excluding hydrogens is 386 g/mol. The molecule has 0 bridgehead atoms. The fourth-order valence-electron chi connectivity index (χ4n) is 2.75. The Kier molecular flexibility index (Phi) is 6.73. The molecule has 0 radical (unpaired) electrons. The van der Waals surface area contributed by atoms with Crippen molar-refractivity contribution in [2.45, 2.75) is 57.2 Å². The molecule has 27 heavy (non-hydrogen) atoms. The SMILES string of the molecule is CCC(CC)n1c(COc2ccccc2Cl)nnc1SCc1nnc(C)o1. The summed E-state index contributed by atoms with van der Waals surface area (Å²) in [6.45, 7) is 6.39. The molecule has 0 aliphatic carbocycles. The van der Waals surface area contributed by atoms with Crippen LogP contribution in [-0.2, 0) is 12.4 Å². The zero-order valence-corrected chi connectivity index (χ0v) is 17.1. The number of para-hydroxylation sites is 1. The van der Waals surface area contributed by atoms with Gasteiger partial charge in [-0.05, 0) is 25.0 Å². The third-order valence-corrected chi connectivity index (χ3v) is 5.37. The van der Waals surface area contributed by atoms with Crippen LogP contribution in [0.4, 0.5) is 0 Å². The van der Waals surface area contributed by atoms with Crippen LogP contribution in [0.15, 0.2) is 33.8 Å². The average Bonchev–Trinajstić information content (AvgIpc) is 3.27. The molecular formula is C18H22ClN5O2S. The monoisotopic (exact) mass is 407 g/mol. The second-order valence-electron chi connectivity index (χ2n) is 5.96.